The number of rotatable bonds is 50. The van der Waals surface area contributed by atoms with Crippen molar-refractivity contribution in [3.05, 3.63) is 48.6 Å². The molecule has 0 saturated heterocycles. The van der Waals surface area contributed by atoms with Gasteiger partial charge in [0.2, 0.25) is 0 Å². The van der Waals surface area contributed by atoms with Crippen LogP contribution in [0.5, 0.6) is 0 Å². The smallest absolute Gasteiger partial charge is 0.306 e. The summed E-state index contributed by atoms with van der Waals surface area (Å²) in [6, 6.07) is 0. The van der Waals surface area contributed by atoms with E-state index in [1.165, 1.54) is 186 Å². The summed E-state index contributed by atoms with van der Waals surface area (Å²) in [5, 5.41) is 0. The lowest BCUT2D eigenvalue weighted by Crippen LogP contribution is -2.30. The molecular weight excluding hydrogens is 765 g/mol. The molecule has 0 radical (unpaired) electrons. The molecular formula is C57H104O5. The fraction of sp³-hybridized carbons (Fsp3) is 0.825. The predicted molar refractivity (Wildman–Crippen MR) is 270 cm³/mol. The molecule has 0 bridgehead atoms. The fourth-order valence-electron chi connectivity index (χ4n) is 7.69. The Labute approximate surface area is 386 Å². The molecule has 0 heterocycles. The first-order valence-electron chi connectivity index (χ1n) is 27.2. The molecule has 0 spiro atoms. The second kappa shape index (κ2) is 53.2. The summed E-state index contributed by atoms with van der Waals surface area (Å²) < 4.78 is 17.4. The van der Waals surface area contributed by atoms with Gasteiger partial charge in [-0.25, -0.2) is 0 Å². The van der Waals surface area contributed by atoms with Crippen LogP contribution in [0.4, 0.5) is 0 Å². The minimum Gasteiger partial charge on any atom is -0.462 e. The van der Waals surface area contributed by atoms with Crippen LogP contribution in [0.3, 0.4) is 0 Å². The molecule has 362 valence electrons. The zero-order chi connectivity index (χ0) is 44.9. The molecule has 0 saturated carbocycles. The van der Waals surface area contributed by atoms with Crippen molar-refractivity contribution >= 4 is 11.9 Å². The summed E-state index contributed by atoms with van der Waals surface area (Å²) >= 11 is 0. The average molecular weight is 869 g/mol. The first kappa shape index (κ1) is 59.9. The summed E-state index contributed by atoms with van der Waals surface area (Å²) in [5.41, 5.74) is 0. The van der Waals surface area contributed by atoms with Crippen molar-refractivity contribution < 1.29 is 23.8 Å². The quantitative estimate of drug-likeness (QED) is 0.0346. The molecule has 1 atom stereocenters. The molecule has 0 aromatic carbocycles. The Morgan fingerprint density at radius 2 is 0.694 bits per heavy atom. The molecule has 0 aliphatic heterocycles. The Morgan fingerprint density at radius 1 is 0.355 bits per heavy atom. The van der Waals surface area contributed by atoms with Crippen LogP contribution in [0.2, 0.25) is 0 Å². The Bertz CT molecular complexity index is 1030. The molecule has 0 amide bonds. The van der Waals surface area contributed by atoms with Gasteiger partial charge in [0.1, 0.15) is 6.61 Å². The highest BCUT2D eigenvalue weighted by Gasteiger charge is 2.17. The minimum absolute atomic E-state index is 0.0791. The third-order valence-corrected chi connectivity index (χ3v) is 11.8. The first-order chi connectivity index (χ1) is 30.6. The molecule has 0 aromatic heterocycles. The summed E-state index contributed by atoms with van der Waals surface area (Å²) in [6.45, 7) is 7.77. The zero-order valence-electron chi connectivity index (χ0n) is 41.6. The molecule has 0 aromatic rings. The minimum atomic E-state index is -0.543. The first-order valence-corrected chi connectivity index (χ1v) is 27.2. The summed E-state index contributed by atoms with van der Waals surface area (Å²) in [7, 11) is 0. The third kappa shape index (κ3) is 50.5. The van der Waals surface area contributed by atoms with Crippen LogP contribution < -0.4 is 0 Å². The number of allylic oxidation sites excluding steroid dienone is 8. The van der Waals surface area contributed by atoms with Crippen molar-refractivity contribution in [2.45, 2.75) is 284 Å². The van der Waals surface area contributed by atoms with Crippen LogP contribution in [0.15, 0.2) is 48.6 Å². The van der Waals surface area contributed by atoms with E-state index in [-0.39, 0.29) is 25.2 Å². The SMILES string of the molecule is CCCC/C=C\CCCCCCCC(=O)OC(COCCCCCCCC/C=C\CCCCCCCC)COC(=O)CCCCCCCCCCC/C=C\C/C=C\CCCCC. The molecule has 5 nitrogen and oxygen atoms in total. The van der Waals surface area contributed by atoms with Crippen LogP contribution >= 0.6 is 0 Å². The van der Waals surface area contributed by atoms with Crippen molar-refractivity contribution in [2.24, 2.45) is 0 Å². The van der Waals surface area contributed by atoms with Crippen LogP contribution in [-0.2, 0) is 23.8 Å². The van der Waals surface area contributed by atoms with E-state index in [0.29, 0.717) is 19.4 Å². The monoisotopic (exact) mass is 869 g/mol. The molecule has 1 unspecified atom stereocenters. The lowest BCUT2D eigenvalue weighted by molar-refractivity contribution is -0.163. The van der Waals surface area contributed by atoms with E-state index in [1.807, 2.05) is 0 Å². The van der Waals surface area contributed by atoms with Crippen LogP contribution in [0.25, 0.3) is 0 Å². The lowest BCUT2D eigenvalue weighted by atomic mass is 10.1. The predicted octanol–water partition coefficient (Wildman–Crippen LogP) is 18.3. The van der Waals surface area contributed by atoms with Crippen molar-refractivity contribution in [1.82, 2.24) is 0 Å². The normalized spacial score (nSPS) is 12.5. The highest BCUT2D eigenvalue weighted by Crippen LogP contribution is 2.15. The number of hydrogen-bond acceptors (Lipinski definition) is 5. The van der Waals surface area contributed by atoms with Gasteiger partial charge in [0, 0.05) is 19.4 Å². The molecule has 0 rings (SSSR count). The van der Waals surface area contributed by atoms with Gasteiger partial charge in [-0.05, 0) is 96.3 Å². The maximum Gasteiger partial charge on any atom is 0.306 e. The van der Waals surface area contributed by atoms with Crippen molar-refractivity contribution in [3.8, 4) is 0 Å². The molecule has 0 aliphatic carbocycles. The van der Waals surface area contributed by atoms with Gasteiger partial charge < -0.3 is 14.2 Å². The standard InChI is InChI=1S/C57H104O5/c1-4-7-10-13-16-19-22-24-26-28-29-30-31-33-36-38-41-44-47-50-56(58)61-54-55(62-57(59)51-48-45-42-39-35-21-18-15-12-9-6-3)53-60-52-49-46-43-40-37-34-32-27-25-23-20-17-14-11-8-5-2/h15-16,18-19,24-27,55H,4-14,17,20-23,28-54H2,1-3H3/b18-15-,19-16-,26-24-,27-25-. The number of carbonyl (C=O) groups is 2. The number of carbonyl (C=O) groups excluding carboxylic acids is 2. The van der Waals surface area contributed by atoms with Crippen molar-refractivity contribution in [2.75, 3.05) is 19.8 Å². The molecule has 0 fully saturated rings. The highest BCUT2D eigenvalue weighted by molar-refractivity contribution is 5.70. The van der Waals surface area contributed by atoms with Gasteiger partial charge in [-0.15, -0.1) is 0 Å². The highest BCUT2D eigenvalue weighted by atomic mass is 16.6. The second-order valence-electron chi connectivity index (χ2n) is 18.1. The molecule has 5 heteroatoms. The molecule has 0 aliphatic rings. The zero-order valence-corrected chi connectivity index (χ0v) is 41.6. The summed E-state index contributed by atoms with van der Waals surface area (Å²) in [6.07, 6.45) is 65.5. The van der Waals surface area contributed by atoms with E-state index in [1.54, 1.807) is 0 Å². The molecule has 0 N–H and O–H groups in total. The Kier molecular flexibility index (Phi) is 51.4. The van der Waals surface area contributed by atoms with Gasteiger partial charge in [-0.3, -0.25) is 9.59 Å². The van der Waals surface area contributed by atoms with Gasteiger partial charge in [-0.1, -0.05) is 217 Å². The fourth-order valence-corrected chi connectivity index (χ4v) is 7.69. The average Bonchev–Trinajstić information content (AvgIpc) is 3.27. The number of ether oxygens (including phenoxy) is 3. The van der Waals surface area contributed by atoms with E-state index in [4.69, 9.17) is 14.2 Å². The van der Waals surface area contributed by atoms with E-state index < -0.39 is 6.10 Å². The lowest BCUT2D eigenvalue weighted by Gasteiger charge is -2.18. The van der Waals surface area contributed by atoms with E-state index >= 15 is 0 Å². The van der Waals surface area contributed by atoms with Gasteiger partial charge in [0.15, 0.2) is 6.10 Å². The molecule has 62 heavy (non-hydrogen) atoms. The van der Waals surface area contributed by atoms with Crippen LogP contribution in [0.1, 0.15) is 278 Å². The van der Waals surface area contributed by atoms with Gasteiger partial charge in [-0.2, -0.15) is 0 Å². The van der Waals surface area contributed by atoms with E-state index in [0.717, 1.165) is 57.8 Å². The van der Waals surface area contributed by atoms with E-state index in [2.05, 4.69) is 69.4 Å². The summed E-state index contributed by atoms with van der Waals surface area (Å²) in [4.78, 5) is 25.4. The largest absolute Gasteiger partial charge is 0.462 e. The van der Waals surface area contributed by atoms with Crippen molar-refractivity contribution in [3.63, 3.8) is 0 Å². The Balaban J connectivity index is 4.21. The second-order valence-corrected chi connectivity index (χ2v) is 18.1. The maximum absolute atomic E-state index is 12.8. The van der Waals surface area contributed by atoms with Gasteiger partial charge in [0.25, 0.3) is 0 Å². The maximum atomic E-state index is 12.8. The van der Waals surface area contributed by atoms with Crippen LogP contribution in [0, 0.1) is 0 Å². The Hall–Kier alpha value is -2.14. The Morgan fingerprint density at radius 3 is 1.16 bits per heavy atom. The summed E-state index contributed by atoms with van der Waals surface area (Å²) in [5.74, 6) is -0.407. The number of unbranched alkanes of at least 4 members (excludes halogenated alkanes) is 31. The van der Waals surface area contributed by atoms with Crippen LogP contribution in [-0.4, -0.2) is 37.9 Å². The van der Waals surface area contributed by atoms with Crippen molar-refractivity contribution in [1.29, 1.82) is 0 Å². The van der Waals surface area contributed by atoms with Gasteiger partial charge >= 0.3 is 11.9 Å². The number of esters is 2. The third-order valence-electron chi connectivity index (χ3n) is 11.8. The topological polar surface area (TPSA) is 61.8 Å². The van der Waals surface area contributed by atoms with Gasteiger partial charge in [0.05, 0.1) is 6.61 Å². The number of hydrogen-bond donors (Lipinski definition) is 0. The van der Waals surface area contributed by atoms with E-state index in [9.17, 15) is 9.59 Å².